The van der Waals surface area contributed by atoms with Crippen LogP contribution in [0.5, 0.6) is 0 Å². The molecule has 1 aromatic carbocycles. The molecule has 1 aromatic rings. The van der Waals surface area contributed by atoms with Crippen molar-refractivity contribution in [2.75, 3.05) is 6.54 Å². The fourth-order valence-corrected chi connectivity index (χ4v) is 2.36. The van der Waals surface area contributed by atoms with Gasteiger partial charge in [0.2, 0.25) is 0 Å². The first-order valence-corrected chi connectivity index (χ1v) is 8.03. The van der Waals surface area contributed by atoms with Crippen LogP contribution in [0.2, 0.25) is 0 Å². The van der Waals surface area contributed by atoms with Gasteiger partial charge in [-0.25, -0.2) is 4.39 Å². The Balaban J connectivity index is 2.22. The van der Waals surface area contributed by atoms with E-state index >= 15 is 0 Å². The van der Waals surface area contributed by atoms with E-state index in [1.54, 1.807) is 6.07 Å². The smallest absolute Gasteiger partial charge is 0.254 e. The maximum absolute atomic E-state index is 13.5. The standard InChI is InChI=1S/C16H23BrFNO/c1-12(2)7-5-3-4-6-10-19-16(20)14-11-13(17)8-9-15(14)18/h8-9,11-12H,3-7,10H2,1-2H3,(H,19,20). The Morgan fingerprint density at radius 2 is 1.95 bits per heavy atom. The number of halogens is 2. The average Bonchev–Trinajstić information content (AvgIpc) is 2.39. The lowest BCUT2D eigenvalue weighted by molar-refractivity contribution is 0.0949. The van der Waals surface area contributed by atoms with Gasteiger partial charge in [-0.15, -0.1) is 0 Å². The number of nitrogens with one attached hydrogen (secondary N) is 1. The Kier molecular flexibility index (Phi) is 7.82. The van der Waals surface area contributed by atoms with Crippen molar-refractivity contribution in [2.45, 2.75) is 46.0 Å². The minimum absolute atomic E-state index is 0.0965. The predicted octanol–water partition coefficient (Wildman–Crippen LogP) is 4.92. The molecule has 0 saturated heterocycles. The highest BCUT2D eigenvalue weighted by Crippen LogP contribution is 2.15. The molecule has 0 heterocycles. The zero-order valence-electron chi connectivity index (χ0n) is 12.2. The molecule has 0 fully saturated rings. The number of unbranched alkanes of at least 4 members (excludes halogenated alkanes) is 3. The molecule has 0 aromatic heterocycles. The van der Waals surface area contributed by atoms with Gasteiger partial charge in [-0.05, 0) is 30.5 Å². The minimum Gasteiger partial charge on any atom is -0.352 e. The summed E-state index contributed by atoms with van der Waals surface area (Å²) in [5, 5.41) is 2.77. The molecule has 0 unspecified atom stereocenters. The highest BCUT2D eigenvalue weighted by atomic mass is 79.9. The molecule has 0 atom stereocenters. The van der Waals surface area contributed by atoms with Gasteiger partial charge in [0, 0.05) is 11.0 Å². The summed E-state index contributed by atoms with van der Waals surface area (Å²) in [6.07, 6.45) is 5.74. The van der Waals surface area contributed by atoms with Crippen LogP contribution in [0.3, 0.4) is 0 Å². The highest BCUT2D eigenvalue weighted by molar-refractivity contribution is 9.10. The molecule has 0 aliphatic carbocycles. The third-order valence-electron chi connectivity index (χ3n) is 3.17. The topological polar surface area (TPSA) is 29.1 Å². The van der Waals surface area contributed by atoms with E-state index in [0.717, 1.165) is 18.8 Å². The van der Waals surface area contributed by atoms with Gasteiger partial charge in [-0.1, -0.05) is 55.5 Å². The molecule has 0 saturated carbocycles. The van der Waals surface area contributed by atoms with Gasteiger partial charge >= 0.3 is 0 Å². The molecule has 0 bridgehead atoms. The Morgan fingerprint density at radius 3 is 2.65 bits per heavy atom. The second-order valence-corrected chi connectivity index (χ2v) is 6.39. The third-order valence-corrected chi connectivity index (χ3v) is 3.66. The fraction of sp³-hybridized carbons (Fsp3) is 0.562. The van der Waals surface area contributed by atoms with E-state index in [4.69, 9.17) is 0 Å². The maximum Gasteiger partial charge on any atom is 0.254 e. The first-order valence-electron chi connectivity index (χ1n) is 7.24. The number of carbonyl (C=O) groups is 1. The van der Waals surface area contributed by atoms with Crippen LogP contribution in [-0.2, 0) is 0 Å². The third kappa shape index (κ3) is 6.51. The van der Waals surface area contributed by atoms with Crippen LogP contribution in [0.1, 0.15) is 56.3 Å². The summed E-state index contributed by atoms with van der Waals surface area (Å²) in [5.74, 6) is -0.0668. The summed E-state index contributed by atoms with van der Waals surface area (Å²) < 4.78 is 14.2. The van der Waals surface area contributed by atoms with Gasteiger partial charge in [0.15, 0.2) is 0 Å². The van der Waals surface area contributed by atoms with Crippen molar-refractivity contribution in [3.8, 4) is 0 Å². The molecule has 112 valence electrons. The van der Waals surface area contributed by atoms with E-state index in [1.165, 1.54) is 31.4 Å². The lowest BCUT2D eigenvalue weighted by atomic mass is 10.0. The first kappa shape index (κ1) is 17.2. The number of rotatable bonds is 8. The average molecular weight is 344 g/mol. The molecule has 20 heavy (non-hydrogen) atoms. The molecular formula is C16H23BrFNO. The van der Waals surface area contributed by atoms with Crippen molar-refractivity contribution < 1.29 is 9.18 Å². The molecule has 1 N–H and O–H groups in total. The van der Waals surface area contributed by atoms with Crippen molar-refractivity contribution in [2.24, 2.45) is 5.92 Å². The van der Waals surface area contributed by atoms with Crippen LogP contribution in [0.15, 0.2) is 22.7 Å². The quantitative estimate of drug-likeness (QED) is 0.666. The Morgan fingerprint density at radius 1 is 1.25 bits per heavy atom. The molecule has 1 rings (SSSR count). The summed E-state index contributed by atoms with van der Waals surface area (Å²) in [5.41, 5.74) is 0.0965. The molecule has 1 amide bonds. The van der Waals surface area contributed by atoms with Crippen molar-refractivity contribution in [1.29, 1.82) is 0 Å². The van der Waals surface area contributed by atoms with Gasteiger partial charge in [0.05, 0.1) is 5.56 Å². The van der Waals surface area contributed by atoms with Crippen LogP contribution in [-0.4, -0.2) is 12.5 Å². The second kappa shape index (κ2) is 9.11. The summed E-state index contributed by atoms with van der Waals surface area (Å²) >= 11 is 3.24. The molecule has 2 nitrogen and oxygen atoms in total. The summed E-state index contributed by atoms with van der Waals surface area (Å²) in [7, 11) is 0. The van der Waals surface area contributed by atoms with Gasteiger partial charge in [-0.3, -0.25) is 4.79 Å². The van der Waals surface area contributed by atoms with Crippen molar-refractivity contribution in [3.05, 3.63) is 34.1 Å². The molecular weight excluding hydrogens is 321 g/mol. The van der Waals surface area contributed by atoms with Crippen LogP contribution in [0.25, 0.3) is 0 Å². The Bertz CT molecular complexity index is 434. The minimum atomic E-state index is -0.484. The fourth-order valence-electron chi connectivity index (χ4n) is 2.00. The van der Waals surface area contributed by atoms with Crippen molar-refractivity contribution >= 4 is 21.8 Å². The van der Waals surface area contributed by atoms with E-state index in [9.17, 15) is 9.18 Å². The molecule has 0 aliphatic heterocycles. The lowest BCUT2D eigenvalue weighted by Crippen LogP contribution is -2.25. The normalized spacial score (nSPS) is 10.8. The van der Waals surface area contributed by atoms with Crippen LogP contribution in [0, 0.1) is 11.7 Å². The lowest BCUT2D eigenvalue weighted by Gasteiger charge is -2.07. The SMILES string of the molecule is CC(C)CCCCCCNC(=O)c1cc(Br)ccc1F. The van der Waals surface area contributed by atoms with E-state index < -0.39 is 5.82 Å². The number of carbonyl (C=O) groups excluding carboxylic acids is 1. The summed E-state index contributed by atoms with van der Waals surface area (Å²) in [6.45, 7) is 5.06. The summed E-state index contributed by atoms with van der Waals surface area (Å²) in [4.78, 5) is 11.8. The number of hydrogen-bond donors (Lipinski definition) is 1. The zero-order chi connectivity index (χ0) is 15.0. The predicted molar refractivity (Wildman–Crippen MR) is 84.4 cm³/mol. The largest absolute Gasteiger partial charge is 0.352 e. The van der Waals surface area contributed by atoms with Crippen LogP contribution in [0.4, 0.5) is 4.39 Å². The number of hydrogen-bond acceptors (Lipinski definition) is 1. The van der Waals surface area contributed by atoms with Crippen molar-refractivity contribution in [3.63, 3.8) is 0 Å². The van der Waals surface area contributed by atoms with E-state index in [2.05, 4.69) is 35.1 Å². The monoisotopic (exact) mass is 343 g/mol. The Labute approximate surface area is 129 Å². The van der Waals surface area contributed by atoms with E-state index in [0.29, 0.717) is 11.0 Å². The van der Waals surface area contributed by atoms with Gasteiger partial charge in [-0.2, -0.15) is 0 Å². The summed E-state index contributed by atoms with van der Waals surface area (Å²) in [6, 6.07) is 4.39. The molecule has 0 spiro atoms. The zero-order valence-corrected chi connectivity index (χ0v) is 13.8. The van der Waals surface area contributed by atoms with Crippen molar-refractivity contribution in [1.82, 2.24) is 5.32 Å². The number of benzene rings is 1. The highest BCUT2D eigenvalue weighted by Gasteiger charge is 2.11. The first-order chi connectivity index (χ1) is 9.50. The molecule has 0 radical (unpaired) electrons. The van der Waals surface area contributed by atoms with Gasteiger partial charge in [0.25, 0.3) is 5.91 Å². The van der Waals surface area contributed by atoms with Crippen LogP contribution < -0.4 is 5.32 Å². The van der Waals surface area contributed by atoms with Gasteiger partial charge < -0.3 is 5.32 Å². The number of amides is 1. The molecule has 4 heteroatoms. The van der Waals surface area contributed by atoms with E-state index in [1.807, 2.05) is 0 Å². The van der Waals surface area contributed by atoms with Gasteiger partial charge in [0.1, 0.15) is 5.82 Å². The second-order valence-electron chi connectivity index (χ2n) is 5.48. The Hall–Kier alpha value is -0.900. The maximum atomic E-state index is 13.5. The van der Waals surface area contributed by atoms with Crippen LogP contribution >= 0.6 is 15.9 Å². The molecule has 0 aliphatic rings. The van der Waals surface area contributed by atoms with E-state index in [-0.39, 0.29) is 11.5 Å².